The fourth-order valence-electron chi connectivity index (χ4n) is 2.40. The Labute approximate surface area is 161 Å². The van der Waals surface area contributed by atoms with E-state index in [2.05, 4.69) is 10.1 Å². The van der Waals surface area contributed by atoms with Crippen molar-refractivity contribution in [2.24, 2.45) is 0 Å². The van der Waals surface area contributed by atoms with Gasteiger partial charge in [-0.05, 0) is 31.0 Å². The summed E-state index contributed by atoms with van der Waals surface area (Å²) in [4.78, 5) is 34.4. The second-order valence-corrected chi connectivity index (χ2v) is 8.00. The molecule has 0 unspecified atom stereocenters. The van der Waals surface area contributed by atoms with E-state index in [0.29, 0.717) is 13.1 Å². The molecular weight excluding hydrogens is 400 g/mol. The topological polar surface area (TPSA) is 119 Å². The van der Waals surface area contributed by atoms with Gasteiger partial charge in [0.1, 0.15) is 11.4 Å². The Morgan fingerprint density at radius 2 is 1.89 bits per heavy atom. The van der Waals surface area contributed by atoms with Crippen LogP contribution in [0.5, 0.6) is 0 Å². The predicted octanol–water partition coefficient (Wildman–Crippen LogP) is 0.570. The maximum absolute atomic E-state index is 12.7. The number of sulfonamides is 1. The Morgan fingerprint density at radius 3 is 2.52 bits per heavy atom. The molecule has 0 spiro atoms. The van der Waals surface area contributed by atoms with Crippen molar-refractivity contribution in [1.82, 2.24) is 9.62 Å². The Hall–Kier alpha value is -2.17. The summed E-state index contributed by atoms with van der Waals surface area (Å²) >= 11 is 6.01. The lowest BCUT2D eigenvalue weighted by molar-refractivity contribution is -0.141. The number of nitrogens with one attached hydrogen (secondary N) is 1. The number of amides is 1. The molecule has 1 heterocycles. The van der Waals surface area contributed by atoms with E-state index in [1.54, 1.807) is 0 Å². The molecule has 1 fully saturated rings. The third-order valence-corrected chi connectivity index (χ3v) is 6.22. The van der Waals surface area contributed by atoms with Crippen molar-refractivity contribution in [2.75, 3.05) is 33.4 Å². The molecule has 1 aliphatic rings. The number of carbonyl (C=O) groups excluding carboxylic acids is 3. The van der Waals surface area contributed by atoms with E-state index in [0.717, 1.165) is 18.9 Å². The van der Waals surface area contributed by atoms with Gasteiger partial charge in [0, 0.05) is 13.1 Å². The average molecular weight is 419 g/mol. The Balaban J connectivity index is 2.05. The quantitative estimate of drug-likeness (QED) is 0.643. The van der Waals surface area contributed by atoms with Gasteiger partial charge < -0.3 is 14.8 Å². The van der Waals surface area contributed by atoms with Crippen molar-refractivity contribution in [3.8, 4) is 0 Å². The van der Waals surface area contributed by atoms with Gasteiger partial charge in [0.2, 0.25) is 10.0 Å². The Kier molecular flexibility index (Phi) is 7.17. The van der Waals surface area contributed by atoms with Crippen LogP contribution in [0.4, 0.5) is 0 Å². The third kappa shape index (κ3) is 5.41. The molecule has 1 amide bonds. The van der Waals surface area contributed by atoms with Crippen LogP contribution in [0, 0.1) is 0 Å². The number of benzene rings is 1. The molecule has 1 aliphatic heterocycles. The molecule has 27 heavy (non-hydrogen) atoms. The second kappa shape index (κ2) is 9.16. The van der Waals surface area contributed by atoms with Crippen molar-refractivity contribution in [1.29, 1.82) is 0 Å². The summed E-state index contributed by atoms with van der Waals surface area (Å²) in [5.41, 5.74) is -0.0575. The molecule has 0 aliphatic carbocycles. The first-order valence-corrected chi connectivity index (χ1v) is 9.88. The predicted molar refractivity (Wildman–Crippen MR) is 94.8 cm³/mol. The van der Waals surface area contributed by atoms with Crippen LogP contribution in [0.2, 0.25) is 5.02 Å². The number of rotatable bonds is 7. The number of methoxy groups -OCH3 is 1. The minimum absolute atomic E-state index is 0.00530. The largest absolute Gasteiger partial charge is 0.468 e. The highest BCUT2D eigenvalue weighted by molar-refractivity contribution is 7.89. The molecule has 0 saturated carbocycles. The molecule has 148 valence electrons. The monoisotopic (exact) mass is 418 g/mol. The molecule has 0 atom stereocenters. The maximum atomic E-state index is 12.7. The first-order chi connectivity index (χ1) is 12.8. The molecule has 11 heteroatoms. The minimum atomic E-state index is -3.81. The van der Waals surface area contributed by atoms with Gasteiger partial charge in [-0.1, -0.05) is 11.6 Å². The maximum Gasteiger partial charge on any atom is 0.338 e. The third-order valence-electron chi connectivity index (χ3n) is 3.84. The van der Waals surface area contributed by atoms with Gasteiger partial charge in [-0.25, -0.2) is 13.2 Å². The molecular formula is C16H19ClN2O7S. The molecule has 1 N–H and O–H groups in total. The molecule has 9 nitrogen and oxygen atoms in total. The van der Waals surface area contributed by atoms with Gasteiger partial charge in [-0.15, -0.1) is 0 Å². The molecule has 0 aromatic heterocycles. The van der Waals surface area contributed by atoms with Crippen LogP contribution >= 0.6 is 11.6 Å². The summed E-state index contributed by atoms with van der Waals surface area (Å²) in [6, 6.07) is 3.73. The zero-order chi connectivity index (χ0) is 20.0. The number of esters is 2. The van der Waals surface area contributed by atoms with Crippen LogP contribution in [0.15, 0.2) is 23.1 Å². The van der Waals surface area contributed by atoms with E-state index in [9.17, 15) is 22.8 Å². The first-order valence-electron chi connectivity index (χ1n) is 8.06. The van der Waals surface area contributed by atoms with Crippen molar-refractivity contribution in [2.45, 2.75) is 17.7 Å². The highest BCUT2D eigenvalue weighted by Gasteiger charge is 2.30. The van der Waals surface area contributed by atoms with E-state index in [1.165, 1.54) is 23.5 Å². The van der Waals surface area contributed by atoms with Crippen LogP contribution in [0.25, 0.3) is 0 Å². The number of carbonyl (C=O) groups is 3. The summed E-state index contributed by atoms with van der Waals surface area (Å²) in [5, 5.41) is 2.20. The van der Waals surface area contributed by atoms with Crippen molar-refractivity contribution in [3.05, 3.63) is 28.8 Å². The molecule has 0 radical (unpaired) electrons. The van der Waals surface area contributed by atoms with Gasteiger partial charge in [0.25, 0.3) is 5.91 Å². The van der Waals surface area contributed by atoms with E-state index in [-0.39, 0.29) is 22.0 Å². The standard InChI is InChI=1S/C16H19ClN2O7S/c1-25-15(21)9-18-14(20)10-26-16(22)11-4-5-12(17)13(8-11)27(23,24)19-6-2-3-7-19/h4-5,8H,2-3,6-7,9-10H2,1H3,(H,18,20). The van der Waals surface area contributed by atoms with Crippen LogP contribution in [0.1, 0.15) is 23.2 Å². The van der Waals surface area contributed by atoms with Gasteiger partial charge in [0.05, 0.1) is 17.7 Å². The van der Waals surface area contributed by atoms with Crippen molar-refractivity contribution in [3.63, 3.8) is 0 Å². The second-order valence-electron chi connectivity index (χ2n) is 5.69. The Morgan fingerprint density at radius 1 is 1.22 bits per heavy atom. The lowest BCUT2D eigenvalue weighted by Gasteiger charge is -2.17. The summed E-state index contributed by atoms with van der Waals surface area (Å²) in [7, 11) is -2.65. The van der Waals surface area contributed by atoms with Gasteiger partial charge in [-0.2, -0.15) is 4.31 Å². The van der Waals surface area contributed by atoms with E-state index in [4.69, 9.17) is 16.3 Å². The smallest absolute Gasteiger partial charge is 0.338 e. The molecule has 1 saturated heterocycles. The number of halogens is 1. The molecule has 1 aromatic carbocycles. The minimum Gasteiger partial charge on any atom is -0.468 e. The van der Waals surface area contributed by atoms with Crippen LogP contribution < -0.4 is 5.32 Å². The number of ether oxygens (including phenoxy) is 2. The first kappa shape index (κ1) is 21.1. The Bertz CT molecular complexity index is 835. The van der Waals surface area contributed by atoms with Crippen LogP contribution in [-0.4, -0.2) is 63.9 Å². The number of hydrogen-bond donors (Lipinski definition) is 1. The summed E-state index contributed by atoms with van der Waals surface area (Å²) in [5.74, 6) is -2.24. The number of nitrogens with zero attached hydrogens (tertiary/aromatic N) is 1. The fraction of sp³-hybridized carbons (Fsp3) is 0.438. The number of hydrogen-bond acceptors (Lipinski definition) is 7. The van der Waals surface area contributed by atoms with E-state index in [1.807, 2.05) is 0 Å². The highest BCUT2D eigenvalue weighted by atomic mass is 35.5. The zero-order valence-electron chi connectivity index (χ0n) is 14.6. The van der Waals surface area contributed by atoms with Gasteiger partial charge in [-0.3, -0.25) is 9.59 Å². The average Bonchev–Trinajstić information content (AvgIpc) is 3.19. The normalized spacial score (nSPS) is 14.6. The summed E-state index contributed by atoms with van der Waals surface area (Å²) in [6.45, 7) is -0.194. The summed E-state index contributed by atoms with van der Waals surface area (Å²) in [6.07, 6.45) is 1.53. The van der Waals surface area contributed by atoms with Gasteiger partial charge >= 0.3 is 11.9 Å². The van der Waals surface area contributed by atoms with Crippen molar-refractivity contribution < 1.29 is 32.3 Å². The fourth-order valence-corrected chi connectivity index (χ4v) is 4.42. The summed E-state index contributed by atoms with van der Waals surface area (Å²) < 4.78 is 35.8. The lowest BCUT2D eigenvalue weighted by Crippen LogP contribution is -2.33. The van der Waals surface area contributed by atoms with Gasteiger partial charge in [0.15, 0.2) is 6.61 Å². The van der Waals surface area contributed by atoms with Crippen LogP contribution in [0.3, 0.4) is 0 Å². The molecule has 0 bridgehead atoms. The lowest BCUT2D eigenvalue weighted by atomic mass is 10.2. The van der Waals surface area contributed by atoms with E-state index >= 15 is 0 Å². The molecule has 2 rings (SSSR count). The zero-order valence-corrected chi connectivity index (χ0v) is 16.1. The SMILES string of the molecule is COC(=O)CNC(=O)COC(=O)c1ccc(Cl)c(S(=O)(=O)N2CCCC2)c1. The van der Waals surface area contributed by atoms with Crippen LogP contribution in [-0.2, 0) is 29.1 Å². The van der Waals surface area contributed by atoms with Crippen molar-refractivity contribution >= 4 is 39.5 Å². The van der Waals surface area contributed by atoms with E-state index < -0.39 is 34.5 Å². The highest BCUT2D eigenvalue weighted by Crippen LogP contribution is 2.28. The molecule has 1 aromatic rings.